The lowest BCUT2D eigenvalue weighted by atomic mass is 10.4. The maximum atomic E-state index is 11.6. The SMILES string of the molecule is CCCNc1nnc(Cn2cc(Br)ccc2=O)s1. The molecule has 0 radical (unpaired) electrons. The Labute approximate surface area is 117 Å². The predicted molar refractivity (Wildman–Crippen MR) is 76.2 cm³/mol. The Hall–Kier alpha value is -1.21. The molecule has 0 aromatic carbocycles. The van der Waals surface area contributed by atoms with Crippen molar-refractivity contribution >= 4 is 32.4 Å². The van der Waals surface area contributed by atoms with Crippen molar-refractivity contribution in [2.24, 2.45) is 0 Å². The van der Waals surface area contributed by atoms with Gasteiger partial charge in [-0.15, -0.1) is 10.2 Å². The topological polar surface area (TPSA) is 59.8 Å². The Morgan fingerprint density at radius 3 is 3.06 bits per heavy atom. The number of anilines is 1. The molecule has 1 N–H and O–H groups in total. The van der Waals surface area contributed by atoms with E-state index in [1.54, 1.807) is 16.8 Å². The van der Waals surface area contributed by atoms with Crippen LogP contribution in [0.25, 0.3) is 0 Å². The first-order valence-electron chi connectivity index (χ1n) is 5.61. The Morgan fingerprint density at radius 2 is 2.28 bits per heavy atom. The van der Waals surface area contributed by atoms with E-state index >= 15 is 0 Å². The molecule has 0 saturated heterocycles. The number of nitrogens with one attached hydrogen (secondary N) is 1. The van der Waals surface area contributed by atoms with Crippen LogP contribution in [0, 0.1) is 0 Å². The maximum Gasteiger partial charge on any atom is 0.250 e. The van der Waals surface area contributed by atoms with Crippen LogP contribution >= 0.6 is 27.3 Å². The van der Waals surface area contributed by atoms with E-state index in [0.29, 0.717) is 6.54 Å². The lowest BCUT2D eigenvalue weighted by Gasteiger charge is -2.02. The lowest BCUT2D eigenvalue weighted by molar-refractivity contribution is 0.741. The molecule has 0 aliphatic carbocycles. The van der Waals surface area contributed by atoms with E-state index in [1.165, 1.54) is 17.4 Å². The molecule has 7 heteroatoms. The van der Waals surface area contributed by atoms with Crippen LogP contribution in [0.3, 0.4) is 0 Å². The first kappa shape index (κ1) is 13.2. The van der Waals surface area contributed by atoms with Crippen LogP contribution in [0.15, 0.2) is 27.6 Å². The third-order valence-corrected chi connectivity index (χ3v) is 3.58. The molecule has 2 rings (SSSR count). The molecule has 0 bridgehead atoms. The molecule has 0 fully saturated rings. The van der Waals surface area contributed by atoms with Crippen molar-refractivity contribution in [1.29, 1.82) is 0 Å². The second-order valence-corrected chi connectivity index (χ2v) is 5.72. The minimum Gasteiger partial charge on any atom is -0.360 e. The molecule has 2 aromatic rings. The van der Waals surface area contributed by atoms with Crippen LogP contribution in [-0.4, -0.2) is 21.3 Å². The molecule has 2 heterocycles. The number of rotatable bonds is 5. The van der Waals surface area contributed by atoms with E-state index in [9.17, 15) is 4.79 Å². The van der Waals surface area contributed by atoms with Crippen molar-refractivity contribution in [3.63, 3.8) is 0 Å². The molecule has 0 saturated carbocycles. The number of hydrogen-bond acceptors (Lipinski definition) is 5. The second kappa shape index (κ2) is 6.10. The molecule has 5 nitrogen and oxygen atoms in total. The predicted octanol–water partition coefficient (Wildman–Crippen LogP) is 2.33. The number of nitrogens with zero attached hydrogens (tertiary/aromatic N) is 3. The highest BCUT2D eigenvalue weighted by molar-refractivity contribution is 9.10. The van der Waals surface area contributed by atoms with E-state index in [2.05, 4.69) is 38.4 Å². The summed E-state index contributed by atoms with van der Waals surface area (Å²) in [5, 5.41) is 12.9. The standard InChI is InChI=1S/C11H13BrN4OS/c1-2-5-13-11-15-14-9(18-11)7-16-6-8(12)3-4-10(16)17/h3-4,6H,2,5,7H2,1H3,(H,13,15). The summed E-state index contributed by atoms with van der Waals surface area (Å²) < 4.78 is 2.48. The van der Waals surface area contributed by atoms with Gasteiger partial charge < -0.3 is 9.88 Å². The van der Waals surface area contributed by atoms with Gasteiger partial charge in [0.1, 0.15) is 5.01 Å². The minimum absolute atomic E-state index is 0.0449. The van der Waals surface area contributed by atoms with Crippen LogP contribution in [0.2, 0.25) is 0 Å². The van der Waals surface area contributed by atoms with Crippen molar-refractivity contribution in [3.05, 3.63) is 38.2 Å². The molecule has 0 spiro atoms. The molecular formula is C11H13BrN4OS. The van der Waals surface area contributed by atoms with Gasteiger partial charge in [-0.25, -0.2) is 0 Å². The Bertz CT molecular complexity index is 580. The van der Waals surface area contributed by atoms with Gasteiger partial charge in [0, 0.05) is 23.3 Å². The van der Waals surface area contributed by atoms with Gasteiger partial charge in [-0.05, 0) is 28.4 Å². The van der Waals surface area contributed by atoms with Gasteiger partial charge in [0.2, 0.25) is 5.13 Å². The summed E-state index contributed by atoms with van der Waals surface area (Å²) >= 11 is 4.82. The van der Waals surface area contributed by atoms with Gasteiger partial charge in [0.15, 0.2) is 0 Å². The van der Waals surface area contributed by atoms with Gasteiger partial charge in [0.25, 0.3) is 5.56 Å². The summed E-state index contributed by atoms with van der Waals surface area (Å²) in [6, 6.07) is 3.26. The molecule has 18 heavy (non-hydrogen) atoms. The zero-order chi connectivity index (χ0) is 13.0. The van der Waals surface area contributed by atoms with Gasteiger partial charge in [-0.2, -0.15) is 0 Å². The van der Waals surface area contributed by atoms with Crippen LogP contribution in [0.4, 0.5) is 5.13 Å². The van der Waals surface area contributed by atoms with Crippen molar-refractivity contribution in [2.45, 2.75) is 19.9 Å². The third-order valence-electron chi connectivity index (χ3n) is 2.25. The lowest BCUT2D eigenvalue weighted by Crippen LogP contribution is -2.18. The average Bonchev–Trinajstić information content (AvgIpc) is 2.79. The highest BCUT2D eigenvalue weighted by atomic mass is 79.9. The van der Waals surface area contributed by atoms with Crippen molar-refractivity contribution in [1.82, 2.24) is 14.8 Å². The smallest absolute Gasteiger partial charge is 0.250 e. The zero-order valence-electron chi connectivity index (χ0n) is 9.89. The molecule has 0 aliphatic rings. The molecule has 96 valence electrons. The largest absolute Gasteiger partial charge is 0.360 e. The molecule has 0 unspecified atom stereocenters. The highest BCUT2D eigenvalue weighted by Crippen LogP contribution is 2.16. The average molecular weight is 329 g/mol. The summed E-state index contributed by atoms with van der Waals surface area (Å²) in [5.74, 6) is 0. The van der Waals surface area contributed by atoms with Gasteiger partial charge in [-0.3, -0.25) is 4.79 Å². The van der Waals surface area contributed by atoms with Crippen molar-refractivity contribution in [2.75, 3.05) is 11.9 Å². The Morgan fingerprint density at radius 1 is 1.44 bits per heavy atom. The zero-order valence-corrected chi connectivity index (χ0v) is 12.3. The van der Waals surface area contributed by atoms with E-state index < -0.39 is 0 Å². The Balaban J connectivity index is 2.11. The van der Waals surface area contributed by atoms with Gasteiger partial charge in [-0.1, -0.05) is 18.3 Å². The van der Waals surface area contributed by atoms with Crippen LogP contribution < -0.4 is 10.9 Å². The molecular weight excluding hydrogens is 316 g/mol. The fourth-order valence-corrected chi connectivity index (χ4v) is 2.54. The molecule has 0 aliphatic heterocycles. The second-order valence-electron chi connectivity index (χ2n) is 3.74. The summed E-state index contributed by atoms with van der Waals surface area (Å²) in [5.41, 5.74) is -0.0449. The van der Waals surface area contributed by atoms with Crippen molar-refractivity contribution < 1.29 is 0 Å². The molecule has 0 amide bonds. The normalized spacial score (nSPS) is 10.6. The van der Waals surface area contributed by atoms with E-state index in [-0.39, 0.29) is 5.56 Å². The number of hydrogen-bond donors (Lipinski definition) is 1. The maximum absolute atomic E-state index is 11.6. The summed E-state index contributed by atoms with van der Waals surface area (Å²) in [6.45, 7) is 3.42. The van der Waals surface area contributed by atoms with Crippen LogP contribution in [0.1, 0.15) is 18.4 Å². The fourth-order valence-electron chi connectivity index (χ4n) is 1.39. The third kappa shape index (κ3) is 3.39. The van der Waals surface area contributed by atoms with E-state index in [1.807, 2.05) is 0 Å². The highest BCUT2D eigenvalue weighted by Gasteiger charge is 2.05. The van der Waals surface area contributed by atoms with E-state index in [4.69, 9.17) is 0 Å². The van der Waals surface area contributed by atoms with E-state index in [0.717, 1.165) is 27.6 Å². The monoisotopic (exact) mass is 328 g/mol. The number of halogens is 1. The fraction of sp³-hybridized carbons (Fsp3) is 0.364. The molecule has 2 aromatic heterocycles. The molecule has 0 atom stereocenters. The minimum atomic E-state index is -0.0449. The summed E-state index contributed by atoms with van der Waals surface area (Å²) in [6.07, 6.45) is 2.79. The summed E-state index contributed by atoms with van der Waals surface area (Å²) in [4.78, 5) is 11.6. The van der Waals surface area contributed by atoms with Crippen LogP contribution in [0.5, 0.6) is 0 Å². The van der Waals surface area contributed by atoms with Crippen LogP contribution in [-0.2, 0) is 6.54 Å². The number of pyridine rings is 1. The first-order valence-corrected chi connectivity index (χ1v) is 7.22. The first-order chi connectivity index (χ1) is 8.69. The van der Waals surface area contributed by atoms with Gasteiger partial charge >= 0.3 is 0 Å². The summed E-state index contributed by atoms with van der Waals surface area (Å²) in [7, 11) is 0. The van der Waals surface area contributed by atoms with Crippen molar-refractivity contribution in [3.8, 4) is 0 Å². The van der Waals surface area contributed by atoms with Gasteiger partial charge in [0.05, 0.1) is 6.54 Å². The quantitative estimate of drug-likeness (QED) is 0.915. The number of aromatic nitrogens is 3. The Kier molecular flexibility index (Phi) is 4.48.